The summed E-state index contributed by atoms with van der Waals surface area (Å²) < 4.78 is 20.0. The normalized spacial score (nSPS) is 15.8. The summed E-state index contributed by atoms with van der Waals surface area (Å²) in [6.45, 7) is 0. The van der Waals surface area contributed by atoms with Gasteiger partial charge in [0.2, 0.25) is 0 Å². The molecular weight excluding hydrogens is 335 g/mol. The first-order chi connectivity index (χ1) is 10.2. The van der Waals surface area contributed by atoms with Gasteiger partial charge >= 0.3 is 0 Å². The molecule has 3 N–H and O–H groups in total. The molecule has 0 spiro atoms. The Morgan fingerprint density at radius 1 is 1.19 bits per heavy atom. The van der Waals surface area contributed by atoms with E-state index in [2.05, 4.69) is 21.4 Å². The second kappa shape index (κ2) is 6.13. The molecule has 1 aliphatic rings. The van der Waals surface area contributed by atoms with Crippen LogP contribution < -0.4 is 16.0 Å². The molecule has 3 nitrogen and oxygen atoms in total. The standard InChI is InChI=1S/C16H16BrFN2O/c17-15-8-3-11(18)9-14(15)16(20-19)10-1-4-12(5-2-10)21-13-6-7-13/h1-5,8-9,13,16,20H,6-7,19H2. The van der Waals surface area contributed by atoms with Gasteiger partial charge in [-0.15, -0.1) is 0 Å². The third-order valence-electron chi connectivity index (χ3n) is 3.48. The maximum absolute atomic E-state index is 13.5. The van der Waals surface area contributed by atoms with Crippen LogP contribution in [0.4, 0.5) is 4.39 Å². The van der Waals surface area contributed by atoms with E-state index in [1.807, 2.05) is 24.3 Å². The molecular formula is C16H16BrFN2O. The molecule has 110 valence electrons. The summed E-state index contributed by atoms with van der Waals surface area (Å²) in [5.74, 6) is 6.23. The molecule has 5 heteroatoms. The molecule has 2 aromatic rings. The molecule has 0 aromatic heterocycles. The van der Waals surface area contributed by atoms with Crippen molar-refractivity contribution in [3.8, 4) is 5.75 Å². The van der Waals surface area contributed by atoms with Gasteiger partial charge in [0, 0.05) is 4.47 Å². The Morgan fingerprint density at radius 3 is 2.52 bits per heavy atom. The molecule has 3 rings (SSSR count). The van der Waals surface area contributed by atoms with Crippen LogP contribution in [0.3, 0.4) is 0 Å². The number of hydrogen-bond acceptors (Lipinski definition) is 3. The van der Waals surface area contributed by atoms with Crippen LogP contribution in [0.1, 0.15) is 30.0 Å². The summed E-state index contributed by atoms with van der Waals surface area (Å²) in [6, 6.07) is 12.0. The summed E-state index contributed by atoms with van der Waals surface area (Å²) in [5, 5.41) is 0. The number of halogens is 2. The zero-order valence-corrected chi connectivity index (χ0v) is 12.9. The lowest BCUT2D eigenvalue weighted by molar-refractivity contribution is 0.303. The number of rotatable bonds is 5. The Kier molecular flexibility index (Phi) is 4.24. The van der Waals surface area contributed by atoms with Crippen LogP contribution in [-0.2, 0) is 0 Å². The van der Waals surface area contributed by atoms with Crippen molar-refractivity contribution in [2.24, 2.45) is 5.84 Å². The zero-order valence-electron chi connectivity index (χ0n) is 11.4. The molecule has 2 aromatic carbocycles. The smallest absolute Gasteiger partial charge is 0.123 e. The van der Waals surface area contributed by atoms with Crippen molar-refractivity contribution < 1.29 is 9.13 Å². The van der Waals surface area contributed by atoms with Gasteiger partial charge in [0.15, 0.2) is 0 Å². The first-order valence-electron chi connectivity index (χ1n) is 6.85. The third kappa shape index (κ3) is 3.43. The molecule has 1 saturated carbocycles. The minimum atomic E-state index is -0.290. The zero-order chi connectivity index (χ0) is 14.8. The molecule has 1 fully saturated rings. The van der Waals surface area contributed by atoms with Crippen LogP contribution in [-0.4, -0.2) is 6.10 Å². The summed E-state index contributed by atoms with van der Waals surface area (Å²) in [7, 11) is 0. The van der Waals surface area contributed by atoms with Crippen LogP contribution >= 0.6 is 15.9 Å². The average molecular weight is 351 g/mol. The predicted molar refractivity (Wildman–Crippen MR) is 83.4 cm³/mol. The van der Waals surface area contributed by atoms with E-state index < -0.39 is 0 Å². The van der Waals surface area contributed by atoms with Gasteiger partial charge < -0.3 is 4.74 Å². The Bertz CT molecular complexity index is 629. The lowest BCUT2D eigenvalue weighted by atomic mass is 9.99. The summed E-state index contributed by atoms with van der Waals surface area (Å²) in [4.78, 5) is 0. The van der Waals surface area contributed by atoms with E-state index in [1.54, 1.807) is 6.07 Å². The highest BCUT2D eigenvalue weighted by molar-refractivity contribution is 9.10. The number of hydrogen-bond donors (Lipinski definition) is 2. The average Bonchev–Trinajstić information content (AvgIpc) is 3.29. The van der Waals surface area contributed by atoms with Crippen LogP contribution in [0.5, 0.6) is 5.75 Å². The van der Waals surface area contributed by atoms with Gasteiger partial charge in [0.25, 0.3) is 0 Å². The lowest BCUT2D eigenvalue weighted by Gasteiger charge is -2.19. The minimum absolute atomic E-state index is 0.287. The van der Waals surface area contributed by atoms with Gasteiger partial charge in [-0.2, -0.15) is 0 Å². The van der Waals surface area contributed by atoms with Gasteiger partial charge in [0.1, 0.15) is 11.6 Å². The molecule has 0 amide bonds. The van der Waals surface area contributed by atoms with Crippen molar-refractivity contribution in [2.45, 2.75) is 25.0 Å². The van der Waals surface area contributed by atoms with Crippen molar-refractivity contribution in [1.29, 1.82) is 0 Å². The summed E-state index contributed by atoms with van der Waals surface area (Å²) >= 11 is 3.44. The Balaban J connectivity index is 1.86. The first-order valence-corrected chi connectivity index (χ1v) is 7.64. The van der Waals surface area contributed by atoms with E-state index in [0.29, 0.717) is 6.10 Å². The quantitative estimate of drug-likeness (QED) is 0.638. The molecule has 0 heterocycles. The molecule has 1 aliphatic carbocycles. The fourth-order valence-corrected chi connectivity index (χ4v) is 2.69. The molecule has 1 unspecified atom stereocenters. The summed E-state index contributed by atoms with van der Waals surface area (Å²) in [5.41, 5.74) is 4.45. The van der Waals surface area contributed by atoms with Gasteiger partial charge in [0.05, 0.1) is 12.1 Å². The third-order valence-corrected chi connectivity index (χ3v) is 4.20. The van der Waals surface area contributed by atoms with Gasteiger partial charge in [-0.3, -0.25) is 5.84 Å². The van der Waals surface area contributed by atoms with Crippen molar-refractivity contribution >= 4 is 15.9 Å². The van der Waals surface area contributed by atoms with Crippen molar-refractivity contribution in [3.05, 3.63) is 63.9 Å². The van der Waals surface area contributed by atoms with Gasteiger partial charge in [-0.05, 0) is 54.3 Å². The van der Waals surface area contributed by atoms with Crippen LogP contribution in [0.15, 0.2) is 46.9 Å². The number of ether oxygens (including phenoxy) is 1. The van der Waals surface area contributed by atoms with Crippen molar-refractivity contribution in [2.75, 3.05) is 0 Å². The molecule has 0 bridgehead atoms. The van der Waals surface area contributed by atoms with Gasteiger partial charge in [-0.25, -0.2) is 9.82 Å². The highest BCUT2D eigenvalue weighted by atomic mass is 79.9. The maximum atomic E-state index is 13.5. The maximum Gasteiger partial charge on any atom is 0.123 e. The van der Waals surface area contributed by atoms with E-state index >= 15 is 0 Å². The number of hydrazine groups is 1. The fraction of sp³-hybridized carbons (Fsp3) is 0.250. The Hall–Kier alpha value is -1.43. The molecule has 21 heavy (non-hydrogen) atoms. The topological polar surface area (TPSA) is 47.3 Å². The number of nitrogens with one attached hydrogen (secondary N) is 1. The number of nitrogens with two attached hydrogens (primary N) is 1. The van der Waals surface area contributed by atoms with E-state index in [0.717, 1.165) is 34.2 Å². The predicted octanol–water partition coefficient (Wildman–Crippen LogP) is 3.68. The Morgan fingerprint density at radius 2 is 1.90 bits per heavy atom. The minimum Gasteiger partial charge on any atom is -0.490 e. The second-order valence-electron chi connectivity index (χ2n) is 5.15. The SMILES string of the molecule is NNC(c1ccc(OC2CC2)cc1)c1cc(F)ccc1Br. The van der Waals surface area contributed by atoms with Crippen LogP contribution in [0.25, 0.3) is 0 Å². The Labute approximate surface area is 131 Å². The fourth-order valence-electron chi connectivity index (χ4n) is 2.22. The van der Waals surface area contributed by atoms with E-state index in [-0.39, 0.29) is 11.9 Å². The lowest BCUT2D eigenvalue weighted by Crippen LogP contribution is -2.29. The number of benzene rings is 2. The largest absolute Gasteiger partial charge is 0.490 e. The highest BCUT2D eigenvalue weighted by Crippen LogP contribution is 2.31. The molecule has 0 radical (unpaired) electrons. The molecule has 1 atom stereocenters. The summed E-state index contributed by atoms with van der Waals surface area (Å²) in [6.07, 6.45) is 2.63. The highest BCUT2D eigenvalue weighted by Gasteiger charge is 2.23. The molecule has 0 aliphatic heterocycles. The van der Waals surface area contributed by atoms with Crippen LogP contribution in [0.2, 0.25) is 0 Å². The van der Waals surface area contributed by atoms with Crippen molar-refractivity contribution in [1.82, 2.24) is 5.43 Å². The van der Waals surface area contributed by atoms with Crippen LogP contribution in [0, 0.1) is 5.82 Å². The van der Waals surface area contributed by atoms with Gasteiger partial charge in [-0.1, -0.05) is 28.1 Å². The van der Waals surface area contributed by atoms with Crippen molar-refractivity contribution in [3.63, 3.8) is 0 Å². The second-order valence-corrected chi connectivity index (χ2v) is 6.01. The van der Waals surface area contributed by atoms with E-state index in [4.69, 9.17) is 10.6 Å². The monoisotopic (exact) mass is 350 g/mol. The first kappa shape index (κ1) is 14.5. The molecule has 0 saturated heterocycles. The van der Waals surface area contributed by atoms with E-state index in [1.165, 1.54) is 12.1 Å². The van der Waals surface area contributed by atoms with E-state index in [9.17, 15) is 4.39 Å².